The molecule has 0 bridgehead atoms. The van der Waals surface area contributed by atoms with E-state index in [1.54, 1.807) is 12.3 Å². The maximum atomic E-state index is 12.4. The number of aryl methyl sites for hydroxylation is 2. The standard InChI is InChI=1S/C21H22N4O/c1-15-6-5-8-17(12-15)13-23-20(26)19-10-11-22-21(25-19)24-14-18-9-4-3-7-16(18)2/h3-12H,13-14H2,1-2H3,(H,23,26)(H,22,24,25). The lowest BCUT2D eigenvalue weighted by Crippen LogP contribution is -2.24. The van der Waals surface area contributed by atoms with E-state index >= 15 is 0 Å². The van der Waals surface area contributed by atoms with E-state index in [9.17, 15) is 4.79 Å². The first kappa shape index (κ1) is 17.6. The average Bonchev–Trinajstić information content (AvgIpc) is 2.66. The van der Waals surface area contributed by atoms with Crippen LogP contribution in [0.5, 0.6) is 0 Å². The Morgan fingerprint density at radius 1 is 1.00 bits per heavy atom. The first-order valence-corrected chi connectivity index (χ1v) is 8.57. The van der Waals surface area contributed by atoms with Gasteiger partial charge in [-0.15, -0.1) is 0 Å². The highest BCUT2D eigenvalue weighted by molar-refractivity contribution is 5.92. The van der Waals surface area contributed by atoms with Gasteiger partial charge in [0.05, 0.1) is 0 Å². The van der Waals surface area contributed by atoms with E-state index in [4.69, 9.17) is 0 Å². The monoisotopic (exact) mass is 346 g/mol. The normalized spacial score (nSPS) is 10.4. The van der Waals surface area contributed by atoms with Gasteiger partial charge in [0.25, 0.3) is 5.91 Å². The molecular formula is C21H22N4O. The van der Waals surface area contributed by atoms with Gasteiger partial charge in [-0.2, -0.15) is 0 Å². The number of amides is 1. The number of nitrogens with zero attached hydrogens (tertiary/aromatic N) is 2. The maximum absolute atomic E-state index is 12.4. The number of nitrogens with one attached hydrogen (secondary N) is 2. The van der Waals surface area contributed by atoms with E-state index < -0.39 is 0 Å². The maximum Gasteiger partial charge on any atom is 0.270 e. The molecular weight excluding hydrogens is 324 g/mol. The molecule has 3 aromatic rings. The third-order valence-corrected chi connectivity index (χ3v) is 4.12. The van der Waals surface area contributed by atoms with E-state index in [1.165, 1.54) is 16.7 Å². The van der Waals surface area contributed by atoms with Crippen LogP contribution in [-0.4, -0.2) is 15.9 Å². The van der Waals surface area contributed by atoms with Crippen LogP contribution in [0.3, 0.4) is 0 Å². The third kappa shape index (κ3) is 4.66. The minimum atomic E-state index is -0.215. The summed E-state index contributed by atoms with van der Waals surface area (Å²) < 4.78 is 0. The molecule has 1 aromatic heterocycles. The molecule has 0 aliphatic carbocycles. The van der Waals surface area contributed by atoms with Gasteiger partial charge in [-0.25, -0.2) is 9.97 Å². The Morgan fingerprint density at radius 3 is 2.65 bits per heavy atom. The summed E-state index contributed by atoms with van der Waals surface area (Å²) in [4.78, 5) is 20.9. The fraction of sp³-hybridized carbons (Fsp3) is 0.190. The van der Waals surface area contributed by atoms with Gasteiger partial charge in [-0.05, 0) is 36.6 Å². The zero-order chi connectivity index (χ0) is 18.4. The Kier molecular flexibility index (Phi) is 5.59. The molecule has 1 amide bonds. The second kappa shape index (κ2) is 8.25. The minimum absolute atomic E-state index is 0.215. The van der Waals surface area contributed by atoms with Crippen LogP contribution in [0, 0.1) is 13.8 Å². The molecule has 0 aliphatic heterocycles. The molecule has 0 saturated carbocycles. The summed E-state index contributed by atoms with van der Waals surface area (Å²) in [6.45, 7) is 5.17. The molecule has 1 heterocycles. The highest BCUT2D eigenvalue weighted by Crippen LogP contribution is 2.10. The van der Waals surface area contributed by atoms with E-state index in [0.29, 0.717) is 24.7 Å². The van der Waals surface area contributed by atoms with Gasteiger partial charge in [-0.1, -0.05) is 54.1 Å². The van der Waals surface area contributed by atoms with Gasteiger partial charge in [0.2, 0.25) is 5.95 Å². The van der Waals surface area contributed by atoms with Crippen molar-refractivity contribution in [1.82, 2.24) is 15.3 Å². The molecule has 132 valence electrons. The molecule has 2 aromatic carbocycles. The van der Waals surface area contributed by atoms with Gasteiger partial charge >= 0.3 is 0 Å². The first-order valence-electron chi connectivity index (χ1n) is 8.57. The predicted molar refractivity (Wildman–Crippen MR) is 103 cm³/mol. The second-order valence-electron chi connectivity index (χ2n) is 6.22. The van der Waals surface area contributed by atoms with Crippen molar-refractivity contribution in [2.75, 3.05) is 5.32 Å². The van der Waals surface area contributed by atoms with Crippen molar-refractivity contribution in [3.63, 3.8) is 0 Å². The predicted octanol–water partition coefficient (Wildman–Crippen LogP) is 3.64. The van der Waals surface area contributed by atoms with Gasteiger partial charge in [0, 0.05) is 19.3 Å². The lowest BCUT2D eigenvalue weighted by molar-refractivity contribution is 0.0946. The fourth-order valence-corrected chi connectivity index (χ4v) is 2.65. The summed E-state index contributed by atoms with van der Waals surface area (Å²) in [5.41, 5.74) is 4.95. The van der Waals surface area contributed by atoms with E-state index in [0.717, 1.165) is 5.56 Å². The Hall–Kier alpha value is -3.21. The summed E-state index contributed by atoms with van der Waals surface area (Å²) >= 11 is 0. The summed E-state index contributed by atoms with van der Waals surface area (Å²) in [5, 5.41) is 6.07. The summed E-state index contributed by atoms with van der Waals surface area (Å²) in [6, 6.07) is 17.8. The van der Waals surface area contributed by atoms with Gasteiger partial charge in [0.1, 0.15) is 5.69 Å². The van der Waals surface area contributed by atoms with E-state index in [1.807, 2.05) is 37.3 Å². The molecule has 0 spiro atoms. The van der Waals surface area contributed by atoms with Crippen LogP contribution in [0.4, 0.5) is 5.95 Å². The Morgan fingerprint density at radius 2 is 1.85 bits per heavy atom. The molecule has 0 atom stereocenters. The zero-order valence-corrected chi connectivity index (χ0v) is 15.0. The molecule has 0 saturated heterocycles. The Bertz CT molecular complexity index is 908. The van der Waals surface area contributed by atoms with Gasteiger partial charge < -0.3 is 10.6 Å². The molecule has 0 radical (unpaired) electrons. The van der Waals surface area contributed by atoms with Crippen molar-refractivity contribution in [3.05, 3.63) is 88.7 Å². The van der Waals surface area contributed by atoms with Crippen molar-refractivity contribution in [1.29, 1.82) is 0 Å². The smallest absolute Gasteiger partial charge is 0.270 e. The number of benzene rings is 2. The summed E-state index contributed by atoms with van der Waals surface area (Å²) in [5.74, 6) is 0.226. The number of carbonyl (C=O) groups excluding carboxylic acids is 1. The lowest BCUT2D eigenvalue weighted by atomic mass is 10.1. The fourth-order valence-electron chi connectivity index (χ4n) is 2.65. The van der Waals surface area contributed by atoms with Gasteiger partial charge in [-0.3, -0.25) is 4.79 Å². The van der Waals surface area contributed by atoms with E-state index in [-0.39, 0.29) is 5.91 Å². The molecule has 3 rings (SSSR count). The van der Waals surface area contributed by atoms with Crippen molar-refractivity contribution in [3.8, 4) is 0 Å². The Labute approximate surface area is 153 Å². The number of hydrogen-bond donors (Lipinski definition) is 2. The zero-order valence-electron chi connectivity index (χ0n) is 15.0. The number of anilines is 1. The van der Waals surface area contributed by atoms with Crippen LogP contribution in [0.2, 0.25) is 0 Å². The van der Waals surface area contributed by atoms with Crippen molar-refractivity contribution in [2.24, 2.45) is 0 Å². The average molecular weight is 346 g/mol. The van der Waals surface area contributed by atoms with Crippen LogP contribution in [0.1, 0.15) is 32.7 Å². The third-order valence-electron chi connectivity index (χ3n) is 4.12. The van der Waals surface area contributed by atoms with E-state index in [2.05, 4.69) is 45.7 Å². The highest BCUT2D eigenvalue weighted by Gasteiger charge is 2.09. The molecule has 5 nitrogen and oxygen atoms in total. The SMILES string of the molecule is Cc1cccc(CNC(=O)c2ccnc(NCc3ccccc3C)n2)c1. The van der Waals surface area contributed by atoms with Crippen LogP contribution in [0.15, 0.2) is 60.8 Å². The van der Waals surface area contributed by atoms with Crippen LogP contribution in [0.25, 0.3) is 0 Å². The summed E-state index contributed by atoms with van der Waals surface area (Å²) in [7, 11) is 0. The quantitative estimate of drug-likeness (QED) is 0.715. The van der Waals surface area contributed by atoms with Crippen LogP contribution in [-0.2, 0) is 13.1 Å². The topological polar surface area (TPSA) is 66.9 Å². The second-order valence-corrected chi connectivity index (χ2v) is 6.22. The lowest BCUT2D eigenvalue weighted by Gasteiger charge is -2.09. The molecule has 26 heavy (non-hydrogen) atoms. The van der Waals surface area contributed by atoms with Crippen molar-refractivity contribution < 1.29 is 4.79 Å². The number of hydrogen-bond acceptors (Lipinski definition) is 4. The highest BCUT2D eigenvalue weighted by atomic mass is 16.1. The number of aromatic nitrogens is 2. The first-order chi connectivity index (χ1) is 12.6. The minimum Gasteiger partial charge on any atom is -0.350 e. The Balaban J connectivity index is 1.61. The van der Waals surface area contributed by atoms with Crippen molar-refractivity contribution >= 4 is 11.9 Å². The molecule has 2 N–H and O–H groups in total. The molecule has 0 aliphatic rings. The molecule has 5 heteroatoms. The number of rotatable bonds is 6. The van der Waals surface area contributed by atoms with Crippen LogP contribution < -0.4 is 10.6 Å². The summed E-state index contributed by atoms with van der Waals surface area (Å²) in [6.07, 6.45) is 1.59. The molecule has 0 unspecified atom stereocenters. The largest absolute Gasteiger partial charge is 0.350 e. The van der Waals surface area contributed by atoms with Crippen molar-refractivity contribution in [2.45, 2.75) is 26.9 Å². The number of carbonyl (C=O) groups is 1. The van der Waals surface area contributed by atoms with Gasteiger partial charge in [0.15, 0.2) is 0 Å². The van der Waals surface area contributed by atoms with Crippen LogP contribution >= 0.6 is 0 Å². The molecule has 0 fully saturated rings.